The molecule has 6 heteroatoms. The van der Waals surface area contributed by atoms with Crippen LogP contribution < -0.4 is 9.47 Å². The van der Waals surface area contributed by atoms with Crippen molar-refractivity contribution in [3.8, 4) is 11.5 Å². The lowest BCUT2D eigenvalue weighted by Gasteiger charge is -2.34. The van der Waals surface area contributed by atoms with Gasteiger partial charge < -0.3 is 14.3 Å². The van der Waals surface area contributed by atoms with Crippen molar-refractivity contribution in [3.05, 3.63) is 82.7 Å². The molecule has 1 atom stereocenters. The molecule has 3 aromatic rings. The summed E-state index contributed by atoms with van der Waals surface area (Å²) >= 11 is 0. The number of fused-ring (bicyclic) bond motifs is 2. The summed E-state index contributed by atoms with van der Waals surface area (Å²) < 4.78 is 11.2. The van der Waals surface area contributed by atoms with Gasteiger partial charge in [-0.3, -0.25) is 5.10 Å². The summed E-state index contributed by atoms with van der Waals surface area (Å²) in [4.78, 5) is 5.13. The van der Waals surface area contributed by atoms with Crippen LogP contribution >= 0.6 is 0 Å². The molecular formula is C25H23N3O3. The minimum absolute atomic E-state index is 0.268. The Balaban J connectivity index is 1.47. The summed E-state index contributed by atoms with van der Waals surface area (Å²) in [7, 11) is 1.59. The molecule has 3 aliphatic rings. The topological polar surface area (TPSA) is 68.7 Å². The summed E-state index contributed by atoms with van der Waals surface area (Å²) in [5.41, 5.74) is 6.10. The highest BCUT2D eigenvalue weighted by Gasteiger charge is 2.39. The fraction of sp³-hybridized carbons (Fsp3) is 0.280. The smallest absolute Gasteiger partial charge is 0.231 e. The molecule has 0 radical (unpaired) electrons. The Morgan fingerprint density at radius 1 is 1.10 bits per heavy atom. The number of aromatic nitrogens is 2. The quantitative estimate of drug-likeness (QED) is 0.496. The minimum Gasteiger partial charge on any atom is -0.454 e. The molecule has 156 valence electrons. The third-order valence-corrected chi connectivity index (χ3v) is 6.45. The second-order valence-electron chi connectivity index (χ2n) is 8.31. The number of nitrogens with zero attached hydrogens (tertiary/aromatic N) is 2. The van der Waals surface area contributed by atoms with Crippen molar-refractivity contribution >= 4 is 11.8 Å². The average molecular weight is 413 g/mol. The fourth-order valence-corrected chi connectivity index (χ4v) is 4.70. The Bertz CT molecular complexity index is 1190. The van der Waals surface area contributed by atoms with Crippen molar-refractivity contribution in [2.24, 2.45) is 11.1 Å². The van der Waals surface area contributed by atoms with Gasteiger partial charge >= 0.3 is 0 Å². The van der Waals surface area contributed by atoms with Gasteiger partial charge in [-0.15, -0.1) is 0 Å². The number of allylic oxidation sites excluding steroid dienone is 1. The Morgan fingerprint density at radius 3 is 2.74 bits per heavy atom. The van der Waals surface area contributed by atoms with E-state index in [4.69, 9.17) is 14.3 Å². The van der Waals surface area contributed by atoms with E-state index in [1.807, 2.05) is 12.1 Å². The molecule has 1 N–H and O–H groups in total. The van der Waals surface area contributed by atoms with Gasteiger partial charge in [-0.25, -0.2) is 0 Å². The maximum atomic E-state index is 5.68. The third-order valence-electron chi connectivity index (χ3n) is 6.45. The first-order valence-corrected chi connectivity index (χ1v) is 10.6. The monoisotopic (exact) mass is 413 g/mol. The number of oxime groups is 1. The van der Waals surface area contributed by atoms with Gasteiger partial charge in [0.2, 0.25) is 6.79 Å². The summed E-state index contributed by atoms with van der Waals surface area (Å²) in [6.07, 6.45) is 7.51. The van der Waals surface area contributed by atoms with E-state index in [1.165, 1.54) is 5.56 Å². The van der Waals surface area contributed by atoms with E-state index in [9.17, 15) is 0 Å². The number of rotatable bonds is 5. The van der Waals surface area contributed by atoms with Crippen LogP contribution in [0.15, 0.2) is 59.8 Å². The summed E-state index contributed by atoms with van der Waals surface area (Å²) in [6.45, 7) is 0.268. The Hall–Kier alpha value is -3.54. The molecule has 0 saturated heterocycles. The lowest BCUT2D eigenvalue weighted by molar-refractivity contribution is 0.174. The van der Waals surface area contributed by atoms with Gasteiger partial charge in [-0.05, 0) is 36.1 Å². The lowest BCUT2D eigenvalue weighted by atomic mass is 9.68. The fourth-order valence-electron chi connectivity index (χ4n) is 4.70. The van der Waals surface area contributed by atoms with Crippen LogP contribution in [0, 0.1) is 5.92 Å². The van der Waals surface area contributed by atoms with E-state index < -0.39 is 0 Å². The Morgan fingerprint density at radius 2 is 1.94 bits per heavy atom. The minimum atomic E-state index is -0.336. The van der Waals surface area contributed by atoms with E-state index in [2.05, 4.69) is 63.9 Å². The average Bonchev–Trinajstić information content (AvgIpc) is 3.40. The molecule has 31 heavy (non-hydrogen) atoms. The van der Waals surface area contributed by atoms with Crippen molar-refractivity contribution in [1.29, 1.82) is 0 Å². The SMILES string of the molecule is CO/N=C(/c1n[nH]c2c1C=CC(c1ccccc1)(c1ccc3c(c1)OCO3)C2)C1CC1. The van der Waals surface area contributed by atoms with Crippen LogP contribution in [0.5, 0.6) is 11.5 Å². The highest BCUT2D eigenvalue weighted by atomic mass is 16.7. The Labute approximate surface area is 180 Å². The maximum Gasteiger partial charge on any atom is 0.231 e. The number of nitrogens with one attached hydrogen (secondary N) is 1. The largest absolute Gasteiger partial charge is 0.454 e. The summed E-state index contributed by atoms with van der Waals surface area (Å²) in [5, 5.41) is 12.3. The zero-order valence-corrected chi connectivity index (χ0v) is 17.3. The molecule has 2 aromatic carbocycles. The van der Waals surface area contributed by atoms with Crippen LogP contribution in [0.25, 0.3) is 6.08 Å². The van der Waals surface area contributed by atoms with Gasteiger partial charge in [-0.1, -0.05) is 53.7 Å². The second-order valence-corrected chi connectivity index (χ2v) is 8.31. The van der Waals surface area contributed by atoms with Crippen molar-refractivity contribution in [2.45, 2.75) is 24.7 Å². The van der Waals surface area contributed by atoms with Crippen LogP contribution in [0.2, 0.25) is 0 Å². The normalized spacial score (nSPS) is 21.8. The molecule has 2 heterocycles. The number of H-pyrrole nitrogens is 1. The highest BCUT2D eigenvalue weighted by Crippen LogP contribution is 2.45. The van der Waals surface area contributed by atoms with Crippen LogP contribution in [-0.4, -0.2) is 29.8 Å². The van der Waals surface area contributed by atoms with Crippen molar-refractivity contribution in [1.82, 2.24) is 10.2 Å². The van der Waals surface area contributed by atoms with Gasteiger partial charge in [0.15, 0.2) is 11.5 Å². The van der Waals surface area contributed by atoms with E-state index in [0.717, 1.165) is 59.0 Å². The number of benzene rings is 2. The molecule has 1 aliphatic heterocycles. The van der Waals surface area contributed by atoms with Gasteiger partial charge in [0.05, 0.1) is 0 Å². The zero-order valence-electron chi connectivity index (χ0n) is 17.3. The first kappa shape index (κ1) is 18.2. The maximum absolute atomic E-state index is 5.68. The van der Waals surface area contributed by atoms with Crippen molar-refractivity contribution in [2.75, 3.05) is 13.9 Å². The molecule has 1 aromatic heterocycles. The zero-order chi connectivity index (χ0) is 20.8. The molecule has 0 amide bonds. The standard InChI is InChI=1S/C25H23N3O3/c1-29-28-23(16-7-8-16)24-19-11-12-25(14-20(19)26-27-24,17-5-3-2-4-6-17)18-9-10-21-22(13-18)31-15-30-21/h2-6,9-13,16H,7-8,14-15H2,1H3,(H,26,27)/b28-23+. The van der Waals surface area contributed by atoms with E-state index in [-0.39, 0.29) is 12.2 Å². The van der Waals surface area contributed by atoms with Gasteiger partial charge in [0, 0.05) is 29.0 Å². The number of ether oxygens (including phenoxy) is 2. The van der Waals surface area contributed by atoms with Gasteiger partial charge in [0.1, 0.15) is 18.5 Å². The predicted octanol–water partition coefficient (Wildman–Crippen LogP) is 4.45. The molecule has 1 fully saturated rings. The predicted molar refractivity (Wildman–Crippen MR) is 117 cm³/mol. The number of aromatic amines is 1. The molecule has 1 unspecified atom stereocenters. The van der Waals surface area contributed by atoms with E-state index >= 15 is 0 Å². The molecule has 6 nitrogen and oxygen atoms in total. The van der Waals surface area contributed by atoms with Crippen LogP contribution in [0.1, 0.15) is 40.9 Å². The van der Waals surface area contributed by atoms with Crippen molar-refractivity contribution < 1.29 is 14.3 Å². The van der Waals surface area contributed by atoms with E-state index in [1.54, 1.807) is 7.11 Å². The van der Waals surface area contributed by atoms with Crippen molar-refractivity contribution in [3.63, 3.8) is 0 Å². The number of hydrogen-bond donors (Lipinski definition) is 1. The first-order valence-electron chi connectivity index (χ1n) is 10.6. The lowest BCUT2D eigenvalue weighted by Crippen LogP contribution is -2.30. The molecule has 0 bridgehead atoms. The van der Waals surface area contributed by atoms with Gasteiger partial charge in [-0.2, -0.15) is 5.10 Å². The van der Waals surface area contributed by atoms with Crippen LogP contribution in [0.4, 0.5) is 0 Å². The number of hydrogen-bond acceptors (Lipinski definition) is 5. The molecular weight excluding hydrogens is 390 g/mol. The van der Waals surface area contributed by atoms with Crippen LogP contribution in [-0.2, 0) is 16.7 Å². The van der Waals surface area contributed by atoms with Gasteiger partial charge in [0.25, 0.3) is 0 Å². The highest BCUT2D eigenvalue weighted by molar-refractivity contribution is 6.04. The molecule has 2 aliphatic carbocycles. The summed E-state index contributed by atoms with van der Waals surface area (Å²) in [6, 6.07) is 16.8. The summed E-state index contributed by atoms with van der Waals surface area (Å²) in [5.74, 6) is 2.03. The third kappa shape index (κ3) is 2.93. The Kier molecular flexibility index (Phi) is 4.13. The van der Waals surface area contributed by atoms with Crippen LogP contribution in [0.3, 0.4) is 0 Å². The second kappa shape index (κ2) is 7.01. The molecule has 0 spiro atoms. The molecule has 1 saturated carbocycles. The first-order chi connectivity index (χ1) is 15.3. The van der Waals surface area contributed by atoms with E-state index in [0.29, 0.717) is 5.92 Å². The molecule has 6 rings (SSSR count).